The second-order valence-electron chi connectivity index (χ2n) is 8.53. The van der Waals surface area contributed by atoms with Gasteiger partial charge in [-0.05, 0) is 68.1 Å². The summed E-state index contributed by atoms with van der Waals surface area (Å²) < 4.78 is 28.1. The molecule has 7 heteroatoms. The van der Waals surface area contributed by atoms with E-state index in [1.165, 1.54) is 43.5 Å². The third kappa shape index (κ3) is 5.66. The Morgan fingerprint density at radius 2 is 1.55 bits per heavy atom. The molecule has 0 bridgehead atoms. The summed E-state index contributed by atoms with van der Waals surface area (Å²) in [5, 5.41) is 2.88. The molecule has 4 rings (SSSR count). The third-order valence-electron chi connectivity index (χ3n) is 6.18. The van der Waals surface area contributed by atoms with Gasteiger partial charge in [0.25, 0.3) is 5.91 Å². The average Bonchev–Trinajstić information content (AvgIpc) is 3.12. The van der Waals surface area contributed by atoms with Crippen LogP contribution >= 0.6 is 0 Å². The predicted octanol–water partition coefficient (Wildman–Crippen LogP) is 4.54. The normalized spacial score (nSPS) is 18.0. The number of anilines is 2. The van der Waals surface area contributed by atoms with Crippen molar-refractivity contribution >= 4 is 27.3 Å². The van der Waals surface area contributed by atoms with E-state index in [1.54, 1.807) is 12.1 Å². The van der Waals surface area contributed by atoms with E-state index < -0.39 is 10.0 Å². The molecule has 0 atom stereocenters. The lowest BCUT2D eigenvalue weighted by atomic mass is 10.2. The fourth-order valence-electron chi connectivity index (χ4n) is 4.42. The number of hydrogen-bond donors (Lipinski definition) is 2. The first kappa shape index (κ1) is 21.8. The summed E-state index contributed by atoms with van der Waals surface area (Å²) in [6.45, 7) is 2.14. The van der Waals surface area contributed by atoms with Crippen molar-refractivity contribution in [2.75, 3.05) is 23.3 Å². The Morgan fingerprint density at radius 3 is 2.23 bits per heavy atom. The zero-order chi connectivity index (χ0) is 21.7. The van der Waals surface area contributed by atoms with Crippen molar-refractivity contribution in [3.8, 4) is 0 Å². The second kappa shape index (κ2) is 9.83. The maximum atomic E-state index is 12.7. The zero-order valence-corrected chi connectivity index (χ0v) is 18.7. The van der Waals surface area contributed by atoms with Crippen LogP contribution in [0, 0.1) is 0 Å². The van der Waals surface area contributed by atoms with Crippen LogP contribution in [0.15, 0.2) is 53.4 Å². The molecule has 0 aromatic heterocycles. The van der Waals surface area contributed by atoms with E-state index in [4.69, 9.17) is 0 Å². The smallest absolute Gasteiger partial charge is 0.255 e. The molecule has 1 aliphatic heterocycles. The monoisotopic (exact) mass is 441 g/mol. The number of rotatable bonds is 6. The molecule has 1 saturated heterocycles. The lowest BCUT2D eigenvalue weighted by Crippen LogP contribution is -2.32. The number of hydrogen-bond acceptors (Lipinski definition) is 4. The molecule has 0 radical (unpaired) electrons. The SMILES string of the molecule is O=C(Nc1ccc(N2CCCCCC2)cc1)c1cccc(S(=O)(=O)NC2CCCC2)c1. The number of carbonyl (C=O) groups is 1. The van der Waals surface area contributed by atoms with Crippen LogP contribution in [-0.2, 0) is 10.0 Å². The van der Waals surface area contributed by atoms with Crippen molar-refractivity contribution in [1.29, 1.82) is 0 Å². The van der Waals surface area contributed by atoms with Crippen LogP contribution in [0.3, 0.4) is 0 Å². The van der Waals surface area contributed by atoms with E-state index >= 15 is 0 Å². The number of amides is 1. The average molecular weight is 442 g/mol. The van der Waals surface area contributed by atoms with Crippen molar-refractivity contribution < 1.29 is 13.2 Å². The van der Waals surface area contributed by atoms with Gasteiger partial charge in [0.15, 0.2) is 0 Å². The van der Waals surface area contributed by atoms with Crippen LogP contribution in [-0.4, -0.2) is 33.5 Å². The van der Waals surface area contributed by atoms with Crippen LogP contribution in [0.25, 0.3) is 0 Å². The first-order valence-corrected chi connectivity index (χ1v) is 12.8. The fraction of sp³-hybridized carbons (Fsp3) is 0.458. The highest BCUT2D eigenvalue weighted by atomic mass is 32.2. The minimum absolute atomic E-state index is 0.00908. The molecule has 2 N–H and O–H groups in total. The van der Waals surface area contributed by atoms with Gasteiger partial charge in [0.2, 0.25) is 10.0 Å². The van der Waals surface area contributed by atoms with Gasteiger partial charge in [-0.1, -0.05) is 31.7 Å². The zero-order valence-electron chi connectivity index (χ0n) is 17.8. The Kier molecular flexibility index (Phi) is 6.92. The van der Waals surface area contributed by atoms with Crippen molar-refractivity contribution in [3.63, 3.8) is 0 Å². The lowest BCUT2D eigenvalue weighted by Gasteiger charge is -2.22. The Bertz CT molecular complexity index is 991. The quantitative estimate of drug-likeness (QED) is 0.690. The Balaban J connectivity index is 1.42. The van der Waals surface area contributed by atoms with Gasteiger partial charge in [-0.15, -0.1) is 0 Å². The summed E-state index contributed by atoms with van der Waals surface area (Å²) in [6.07, 6.45) is 8.84. The summed E-state index contributed by atoms with van der Waals surface area (Å²) >= 11 is 0. The van der Waals surface area contributed by atoms with E-state index in [0.29, 0.717) is 11.3 Å². The number of nitrogens with zero attached hydrogens (tertiary/aromatic N) is 1. The van der Waals surface area contributed by atoms with Crippen LogP contribution in [0.5, 0.6) is 0 Å². The first-order chi connectivity index (χ1) is 15.0. The van der Waals surface area contributed by atoms with E-state index in [-0.39, 0.29) is 16.8 Å². The summed E-state index contributed by atoms with van der Waals surface area (Å²) in [5.41, 5.74) is 2.19. The van der Waals surface area contributed by atoms with Crippen LogP contribution in [0.2, 0.25) is 0 Å². The topological polar surface area (TPSA) is 78.5 Å². The van der Waals surface area contributed by atoms with Crippen LogP contribution in [0.1, 0.15) is 61.7 Å². The van der Waals surface area contributed by atoms with Gasteiger partial charge >= 0.3 is 0 Å². The molecule has 1 aliphatic carbocycles. The molecule has 6 nitrogen and oxygen atoms in total. The molecule has 2 aromatic carbocycles. The fourth-order valence-corrected chi connectivity index (χ4v) is 5.77. The Morgan fingerprint density at radius 1 is 0.871 bits per heavy atom. The molecule has 0 unspecified atom stereocenters. The number of nitrogens with one attached hydrogen (secondary N) is 2. The Hall–Kier alpha value is -2.38. The molecule has 1 amide bonds. The molecular formula is C24H31N3O3S. The number of carbonyl (C=O) groups excluding carboxylic acids is 1. The summed E-state index contributed by atoms with van der Waals surface area (Å²) in [4.78, 5) is 15.3. The molecular weight excluding hydrogens is 410 g/mol. The molecule has 0 spiro atoms. The second-order valence-corrected chi connectivity index (χ2v) is 10.2. The molecule has 2 aromatic rings. The van der Waals surface area contributed by atoms with E-state index in [1.807, 2.05) is 24.3 Å². The van der Waals surface area contributed by atoms with Gasteiger partial charge in [-0.2, -0.15) is 0 Å². The third-order valence-corrected chi connectivity index (χ3v) is 7.70. The van der Waals surface area contributed by atoms with Crippen LogP contribution in [0.4, 0.5) is 11.4 Å². The summed E-state index contributed by atoms with van der Waals surface area (Å²) in [6, 6.07) is 14.1. The van der Waals surface area contributed by atoms with Gasteiger partial charge in [0.1, 0.15) is 0 Å². The minimum Gasteiger partial charge on any atom is -0.372 e. The predicted molar refractivity (Wildman–Crippen MR) is 124 cm³/mol. The molecule has 166 valence electrons. The van der Waals surface area contributed by atoms with Gasteiger partial charge in [0.05, 0.1) is 4.90 Å². The molecule has 2 aliphatic rings. The maximum absolute atomic E-state index is 12.7. The maximum Gasteiger partial charge on any atom is 0.255 e. The first-order valence-electron chi connectivity index (χ1n) is 11.3. The standard InChI is InChI=1S/C24H31N3O3S/c28-24(25-20-12-14-22(15-13-20)27-16-5-1-2-6-17-27)19-8-7-11-23(18-19)31(29,30)26-21-9-3-4-10-21/h7-8,11-15,18,21,26H,1-6,9-10,16-17H2,(H,25,28). The van der Waals surface area contributed by atoms with Crippen LogP contribution < -0.4 is 14.9 Å². The van der Waals surface area contributed by atoms with Crippen molar-refractivity contribution in [2.45, 2.75) is 62.3 Å². The highest BCUT2D eigenvalue weighted by molar-refractivity contribution is 7.89. The van der Waals surface area contributed by atoms with E-state index in [2.05, 4.69) is 14.9 Å². The summed E-state index contributed by atoms with van der Waals surface area (Å²) in [7, 11) is -3.63. The Labute approximate surface area is 185 Å². The number of sulfonamides is 1. The van der Waals surface area contributed by atoms with Gasteiger partial charge < -0.3 is 10.2 Å². The molecule has 2 fully saturated rings. The lowest BCUT2D eigenvalue weighted by molar-refractivity contribution is 0.102. The highest BCUT2D eigenvalue weighted by Crippen LogP contribution is 2.23. The van der Waals surface area contributed by atoms with E-state index in [0.717, 1.165) is 38.8 Å². The molecule has 1 heterocycles. The number of benzene rings is 2. The van der Waals surface area contributed by atoms with Gasteiger partial charge in [-0.3, -0.25) is 4.79 Å². The minimum atomic E-state index is -3.63. The largest absolute Gasteiger partial charge is 0.372 e. The van der Waals surface area contributed by atoms with Crippen molar-refractivity contribution in [2.24, 2.45) is 0 Å². The summed E-state index contributed by atoms with van der Waals surface area (Å²) in [5.74, 6) is -0.319. The highest BCUT2D eigenvalue weighted by Gasteiger charge is 2.23. The molecule has 1 saturated carbocycles. The van der Waals surface area contributed by atoms with Gasteiger partial charge in [-0.25, -0.2) is 13.1 Å². The molecule has 31 heavy (non-hydrogen) atoms. The van der Waals surface area contributed by atoms with Gasteiger partial charge in [0, 0.05) is 36.1 Å². The van der Waals surface area contributed by atoms with Crippen molar-refractivity contribution in [1.82, 2.24) is 4.72 Å². The van der Waals surface area contributed by atoms with E-state index in [9.17, 15) is 13.2 Å². The van der Waals surface area contributed by atoms with Crippen molar-refractivity contribution in [3.05, 3.63) is 54.1 Å².